The lowest BCUT2D eigenvalue weighted by molar-refractivity contribution is 0.373. The monoisotopic (exact) mass is 404 g/mol. The average Bonchev–Trinajstić information content (AvgIpc) is 2.95. The molecular formula is C16H13BrN4O2S. The fourth-order valence-corrected chi connectivity index (χ4v) is 2.79. The van der Waals surface area contributed by atoms with Crippen LogP contribution in [0.2, 0.25) is 0 Å². The summed E-state index contributed by atoms with van der Waals surface area (Å²) in [6.07, 6.45) is 1.50. The summed E-state index contributed by atoms with van der Waals surface area (Å²) < 4.78 is 7.81. The number of aromatic hydroxyl groups is 1. The number of benzene rings is 2. The summed E-state index contributed by atoms with van der Waals surface area (Å²) in [5.41, 5.74) is 1.35. The Morgan fingerprint density at radius 1 is 1.29 bits per heavy atom. The van der Waals surface area contributed by atoms with E-state index in [0.29, 0.717) is 21.9 Å². The van der Waals surface area contributed by atoms with Gasteiger partial charge in [0.1, 0.15) is 0 Å². The molecule has 0 saturated heterocycles. The molecule has 0 aliphatic carbocycles. The van der Waals surface area contributed by atoms with E-state index in [1.165, 1.54) is 18.0 Å². The number of ether oxygens (including phenoxy) is 1. The van der Waals surface area contributed by atoms with Gasteiger partial charge in [-0.3, -0.25) is 0 Å². The van der Waals surface area contributed by atoms with Gasteiger partial charge in [-0.25, -0.2) is 5.10 Å². The Hall–Kier alpha value is -2.45. The predicted molar refractivity (Wildman–Crippen MR) is 98.2 cm³/mol. The van der Waals surface area contributed by atoms with Crippen molar-refractivity contribution in [2.45, 2.75) is 0 Å². The number of halogens is 1. The van der Waals surface area contributed by atoms with E-state index in [9.17, 15) is 5.11 Å². The molecule has 3 rings (SSSR count). The predicted octanol–water partition coefficient (Wildman–Crippen LogP) is 3.97. The molecule has 0 radical (unpaired) electrons. The van der Waals surface area contributed by atoms with Gasteiger partial charge in [0.05, 0.1) is 13.3 Å². The first kappa shape index (κ1) is 16.4. The minimum absolute atomic E-state index is 0.0150. The molecule has 6 nitrogen and oxygen atoms in total. The first-order valence-electron chi connectivity index (χ1n) is 6.94. The number of phenolic OH excluding ortho intramolecular Hbond substituents is 1. The van der Waals surface area contributed by atoms with E-state index in [1.54, 1.807) is 18.2 Å². The molecule has 0 aliphatic heterocycles. The summed E-state index contributed by atoms with van der Waals surface area (Å²) in [5, 5.41) is 21.4. The van der Waals surface area contributed by atoms with Crippen molar-refractivity contribution in [1.29, 1.82) is 0 Å². The number of H-pyrrole nitrogens is 1. The number of nitrogens with one attached hydrogen (secondary N) is 1. The maximum Gasteiger partial charge on any atom is 0.216 e. The number of nitrogens with zero attached hydrogens (tertiary/aromatic N) is 3. The summed E-state index contributed by atoms with van der Waals surface area (Å²) in [7, 11) is 1.49. The van der Waals surface area contributed by atoms with E-state index in [2.05, 4.69) is 31.2 Å². The van der Waals surface area contributed by atoms with E-state index < -0.39 is 0 Å². The van der Waals surface area contributed by atoms with Crippen LogP contribution in [0.4, 0.5) is 0 Å². The van der Waals surface area contributed by atoms with Crippen LogP contribution in [0.15, 0.2) is 52.0 Å². The van der Waals surface area contributed by atoms with E-state index in [0.717, 1.165) is 10.0 Å². The minimum Gasteiger partial charge on any atom is -0.504 e. The summed E-state index contributed by atoms with van der Waals surface area (Å²) in [4.78, 5) is 0. The maximum absolute atomic E-state index is 10.1. The van der Waals surface area contributed by atoms with Crippen LogP contribution in [0, 0.1) is 4.77 Å². The third-order valence-corrected chi connectivity index (χ3v) is 4.28. The topological polar surface area (TPSA) is 75.4 Å². The lowest BCUT2D eigenvalue weighted by atomic mass is 10.2. The second kappa shape index (κ2) is 6.98. The number of methoxy groups -OCH3 is 1. The molecule has 3 aromatic rings. The van der Waals surface area contributed by atoms with Crippen molar-refractivity contribution in [2.24, 2.45) is 5.10 Å². The van der Waals surface area contributed by atoms with Crippen LogP contribution in [0.25, 0.3) is 11.4 Å². The fourth-order valence-electron chi connectivity index (χ4n) is 2.14. The standard InChI is InChI=1S/C16H13BrN4O2S/c1-23-13-8-4-5-10(14(13)22)9-18-21-15(19-20-16(21)24)11-6-2-3-7-12(11)17/h2-9,22H,1H3,(H,20,24)/b18-9+. The summed E-state index contributed by atoms with van der Waals surface area (Å²) in [5.74, 6) is 0.952. The number of aromatic amines is 1. The molecule has 0 amide bonds. The lowest BCUT2D eigenvalue weighted by Gasteiger charge is -2.06. The Morgan fingerprint density at radius 2 is 2.08 bits per heavy atom. The van der Waals surface area contributed by atoms with Gasteiger partial charge in [0.15, 0.2) is 17.3 Å². The zero-order valence-corrected chi connectivity index (χ0v) is 15.0. The quantitative estimate of drug-likeness (QED) is 0.509. The highest BCUT2D eigenvalue weighted by molar-refractivity contribution is 9.10. The number of aromatic nitrogens is 3. The van der Waals surface area contributed by atoms with Gasteiger partial charge in [-0.1, -0.05) is 34.1 Å². The van der Waals surface area contributed by atoms with Crippen LogP contribution in [0.1, 0.15) is 5.56 Å². The van der Waals surface area contributed by atoms with Crippen LogP contribution < -0.4 is 4.74 Å². The number of rotatable bonds is 4. The first-order chi connectivity index (χ1) is 11.6. The van der Waals surface area contributed by atoms with Crippen LogP contribution in [0.3, 0.4) is 0 Å². The average molecular weight is 405 g/mol. The highest BCUT2D eigenvalue weighted by atomic mass is 79.9. The van der Waals surface area contributed by atoms with Gasteiger partial charge < -0.3 is 9.84 Å². The lowest BCUT2D eigenvalue weighted by Crippen LogP contribution is -1.96. The van der Waals surface area contributed by atoms with Crippen molar-refractivity contribution >= 4 is 34.4 Å². The summed E-state index contributed by atoms with van der Waals surface area (Å²) >= 11 is 8.73. The van der Waals surface area contributed by atoms with Crippen molar-refractivity contribution in [3.63, 3.8) is 0 Å². The molecule has 0 spiro atoms. The third-order valence-electron chi connectivity index (χ3n) is 3.33. The largest absolute Gasteiger partial charge is 0.504 e. The first-order valence-corrected chi connectivity index (χ1v) is 8.14. The van der Waals surface area contributed by atoms with Gasteiger partial charge in [-0.05, 0) is 36.5 Å². The smallest absolute Gasteiger partial charge is 0.216 e. The van der Waals surface area contributed by atoms with Crippen molar-refractivity contribution in [1.82, 2.24) is 14.9 Å². The van der Waals surface area contributed by atoms with E-state index in [4.69, 9.17) is 17.0 Å². The Labute approximate surface area is 151 Å². The second-order valence-electron chi connectivity index (χ2n) is 4.79. The molecule has 1 heterocycles. The summed E-state index contributed by atoms with van der Waals surface area (Å²) in [6.45, 7) is 0. The Kier molecular flexibility index (Phi) is 4.77. The molecule has 0 fully saturated rings. The van der Waals surface area contributed by atoms with Gasteiger partial charge in [-0.15, -0.1) is 0 Å². The SMILES string of the molecule is COc1cccc(/C=N/n2c(-c3ccccc3Br)n[nH]c2=S)c1O. The Bertz CT molecular complexity index is 965. The molecule has 0 aliphatic rings. The number of hydrogen-bond acceptors (Lipinski definition) is 5. The highest BCUT2D eigenvalue weighted by Crippen LogP contribution is 2.29. The van der Waals surface area contributed by atoms with E-state index >= 15 is 0 Å². The summed E-state index contributed by atoms with van der Waals surface area (Å²) in [6, 6.07) is 12.8. The molecule has 2 N–H and O–H groups in total. The van der Waals surface area contributed by atoms with E-state index in [1.807, 2.05) is 24.3 Å². The molecular weight excluding hydrogens is 392 g/mol. The number of para-hydroxylation sites is 1. The highest BCUT2D eigenvalue weighted by Gasteiger charge is 2.11. The number of phenols is 1. The van der Waals surface area contributed by atoms with Gasteiger partial charge in [0.2, 0.25) is 4.77 Å². The van der Waals surface area contributed by atoms with Crippen molar-refractivity contribution in [3.05, 3.63) is 57.3 Å². The fraction of sp³-hybridized carbons (Fsp3) is 0.0625. The van der Waals surface area contributed by atoms with Crippen LogP contribution >= 0.6 is 28.1 Å². The van der Waals surface area contributed by atoms with Gasteiger partial charge in [0.25, 0.3) is 0 Å². The van der Waals surface area contributed by atoms with E-state index in [-0.39, 0.29) is 5.75 Å². The molecule has 0 saturated carbocycles. The normalized spacial score (nSPS) is 11.1. The molecule has 2 aromatic carbocycles. The molecule has 1 aromatic heterocycles. The zero-order valence-electron chi connectivity index (χ0n) is 12.6. The van der Waals surface area contributed by atoms with Crippen LogP contribution in [-0.4, -0.2) is 33.3 Å². The minimum atomic E-state index is 0.0150. The molecule has 8 heteroatoms. The van der Waals surface area contributed by atoms with Gasteiger partial charge in [0, 0.05) is 15.6 Å². The zero-order chi connectivity index (χ0) is 17.1. The van der Waals surface area contributed by atoms with Crippen LogP contribution in [0.5, 0.6) is 11.5 Å². The second-order valence-corrected chi connectivity index (χ2v) is 6.03. The molecule has 0 unspecified atom stereocenters. The molecule has 0 bridgehead atoms. The van der Waals surface area contributed by atoms with Gasteiger partial charge in [-0.2, -0.15) is 14.9 Å². The Morgan fingerprint density at radius 3 is 2.83 bits per heavy atom. The van der Waals surface area contributed by atoms with Crippen molar-refractivity contribution in [3.8, 4) is 22.9 Å². The van der Waals surface area contributed by atoms with Crippen molar-refractivity contribution in [2.75, 3.05) is 7.11 Å². The molecule has 0 atom stereocenters. The Balaban J connectivity index is 2.05. The maximum atomic E-state index is 10.1. The van der Waals surface area contributed by atoms with Gasteiger partial charge >= 0.3 is 0 Å². The van der Waals surface area contributed by atoms with Crippen molar-refractivity contribution < 1.29 is 9.84 Å². The third kappa shape index (κ3) is 3.10. The number of hydrogen-bond donors (Lipinski definition) is 2. The molecule has 24 heavy (non-hydrogen) atoms. The van der Waals surface area contributed by atoms with Crippen LogP contribution in [-0.2, 0) is 0 Å². The molecule has 122 valence electrons.